The Morgan fingerprint density at radius 3 is 2.79 bits per heavy atom. The fourth-order valence-corrected chi connectivity index (χ4v) is 1.48. The van der Waals surface area contributed by atoms with Gasteiger partial charge in [0.25, 0.3) is 0 Å². The van der Waals surface area contributed by atoms with E-state index in [-0.39, 0.29) is 12.6 Å². The Balaban J connectivity index is 2.65. The Bertz CT molecular complexity index is 328. The fourth-order valence-electron chi connectivity index (χ4n) is 1.18. The zero-order chi connectivity index (χ0) is 10.6. The van der Waals surface area contributed by atoms with Crippen molar-refractivity contribution in [1.29, 1.82) is 0 Å². The van der Waals surface area contributed by atoms with Crippen LogP contribution in [0.4, 0.5) is 0 Å². The first-order valence-corrected chi connectivity index (χ1v) is 4.68. The molecule has 0 aliphatic carbocycles. The van der Waals surface area contributed by atoms with E-state index in [1.165, 1.54) is 0 Å². The summed E-state index contributed by atoms with van der Waals surface area (Å²) in [7, 11) is 0. The molecule has 76 valence electrons. The lowest BCUT2D eigenvalue weighted by Crippen LogP contribution is -2.25. The third-order valence-electron chi connectivity index (χ3n) is 1.93. The largest absolute Gasteiger partial charge is 0.480 e. The van der Waals surface area contributed by atoms with Gasteiger partial charge in [0, 0.05) is 11.1 Å². The number of carbonyl (C=O) groups is 1. The van der Waals surface area contributed by atoms with E-state index in [0.717, 1.165) is 5.56 Å². The van der Waals surface area contributed by atoms with Crippen molar-refractivity contribution >= 4 is 17.6 Å². The summed E-state index contributed by atoms with van der Waals surface area (Å²) in [5.41, 5.74) is 0.912. The van der Waals surface area contributed by atoms with Gasteiger partial charge in [0.05, 0.1) is 6.54 Å². The highest BCUT2D eigenvalue weighted by atomic mass is 35.5. The van der Waals surface area contributed by atoms with Crippen molar-refractivity contribution in [2.24, 2.45) is 0 Å². The molecule has 0 aromatic heterocycles. The van der Waals surface area contributed by atoms with Gasteiger partial charge in [-0.2, -0.15) is 0 Å². The molecule has 14 heavy (non-hydrogen) atoms. The van der Waals surface area contributed by atoms with Crippen molar-refractivity contribution in [1.82, 2.24) is 5.32 Å². The van der Waals surface area contributed by atoms with Crippen LogP contribution in [0.2, 0.25) is 5.02 Å². The molecule has 1 rings (SSSR count). The quantitative estimate of drug-likeness (QED) is 0.805. The molecule has 0 heterocycles. The molecular formula is C10H12ClNO2. The number of aliphatic carboxylic acids is 1. The van der Waals surface area contributed by atoms with Crippen LogP contribution >= 0.6 is 11.6 Å². The summed E-state index contributed by atoms with van der Waals surface area (Å²) in [6.45, 7) is 1.82. The number of hydrogen-bond donors (Lipinski definition) is 2. The predicted molar refractivity (Wildman–Crippen MR) is 55.5 cm³/mol. The van der Waals surface area contributed by atoms with Crippen molar-refractivity contribution in [3.8, 4) is 0 Å². The average molecular weight is 214 g/mol. The second-order valence-corrected chi connectivity index (χ2v) is 3.43. The number of nitrogens with one attached hydrogen (secondary N) is 1. The van der Waals surface area contributed by atoms with Gasteiger partial charge in [0.1, 0.15) is 0 Å². The van der Waals surface area contributed by atoms with Crippen LogP contribution in [-0.2, 0) is 4.79 Å². The minimum absolute atomic E-state index is 0.0557. The molecule has 0 radical (unpaired) electrons. The van der Waals surface area contributed by atoms with Crippen molar-refractivity contribution < 1.29 is 9.90 Å². The predicted octanol–water partition coefficient (Wildman–Crippen LogP) is 2.08. The van der Waals surface area contributed by atoms with Gasteiger partial charge in [-0.05, 0) is 18.6 Å². The van der Waals surface area contributed by atoms with Gasteiger partial charge in [-0.3, -0.25) is 4.79 Å². The molecule has 2 N–H and O–H groups in total. The molecule has 0 amide bonds. The van der Waals surface area contributed by atoms with E-state index in [1.807, 2.05) is 25.1 Å². The summed E-state index contributed by atoms with van der Waals surface area (Å²) in [5, 5.41) is 12.0. The van der Waals surface area contributed by atoms with Gasteiger partial charge < -0.3 is 10.4 Å². The Labute approximate surface area is 87.7 Å². The van der Waals surface area contributed by atoms with Gasteiger partial charge in [-0.15, -0.1) is 0 Å². The van der Waals surface area contributed by atoms with Crippen LogP contribution in [0.3, 0.4) is 0 Å². The van der Waals surface area contributed by atoms with Crippen LogP contribution in [0.5, 0.6) is 0 Å². The fraction of sp³-hybridized carbons (Fsp3) is 0.300. The van der Waals surface area contributed by atoms with E-state index in [9.17, 15) is 4.79 Å². The summed E-state index contributed by atoms with van der Waals surface area (Å²) in [4.78, 5) is 10.3. The Hall–Kier alpha value is -1.06. The molecule has 1 aromatic rings. The molecule has 0 spiro atoms. The lowest BCUT2D eigenvalue weighted by atomic mass is 10.1. The topological polar surface area (TPSA) is 49.3 Å². The molecule has 1 aromatic carbocycles. The van der Waals surface area contributed by atoms with Crippen LogP contribution in [0.1, 0.15) is 18.5 Å². The van der Waals surface area contributed by atoms with E-state index >= 15 is 0 Å². The maximum Gasteiger partial charge on any atom is 0.317 e. The van der Waals surface area contributed by atoms with Gasteiger partial charge >= 0.3 is 5.97 Å². The minimum Gasteiger partial charge on any atom is -0.480 e. The molecule has 0 saturated heterocycles. The van der Waals surface area contributed by atoms with Crippen LogP contribution < -0.4 is 5.32 Å². The van der Waals surface area contributed by atoms with Crippen molar-refractivity contribution in [2.45, 2.75) is 13.0 Å². The molecule has 0 aliphatic heterocycles. The van der Waals surface area contributed by atoms with Crippen molar-refractivity contribution in [3.63, 3.8) is 0 Å². The van der Waals surface area contributed by atoms with Crippen LogP contribution in [-0.4, -0.2) is 17.6 Å². The Morgan fingerprint density at radius 1 is 1.57 bits per heavy atom. The van der Waals surface area contributed by atoms with Crippen LogP contribution in [0.15, 0.2) is 24.3 Å². The van der Waals surface area contributed by atoms with Crippen LogP contribution in [0, 0.1) is 0 Å². The van der Waals surface area contributed by atoms with Crippen LogP contribution in [0.25, 0.3) is 0 Å². The number of benzene rings is 1. The summed E-state index contributed by atoms with van der Waals surface area (Å²) < 4.78 is 0. The molecule has 1 unspecified atom stereocenters. The Kier molecular flexibility index (Phi) is 3.92. The summed E-state index contributed by atoms with van der Waals surface area (Å²) in [6.07, 6.45) is 0. The van der Waals surface area contributed by atoms with Gasteiger partial charge in [0.15, 0.2) is 0 Å². The van der Waals surface area contributed by atoms with E-state index in [4.69, 9.17) is 16.7 Å². The average Bonchev–Trinajstić information content (AvgIpc) is 2.15. The van der Waals surface area contributed by atoms with Gasteiger partial charge in [0.2, 0.25) is 0 Å². The summed E-state index contributed by atoms with van der Waals surface area (Å²) in [6, 6.07) is 7.33. The first kappa shape index (κ1) is 11.0. The molecule has 0 saturated carbocycles. The van der Waals surface area contributed by atoms with E-state index in [1.54, 1.807) is 6.07 Å². The van der Waals surface area contributed by atoms with E-state index in [2.05, 4.69) is 5.32 Å². The standard InChI is InChI=1S/C10H12ClNO2/c1-7(12-6-10(13)14)8-4-2-3-5-9(8)11/h2-5,7,12H,6H2,1H3,(H,13,14). The molecule has 3 nitrogen and oxygen atoms in total. The molecule has 0 aliphatic rings. The minimum atomic E-state index is -0.871. The zero-order valence-electron chi connectivity index (χ0n) is 7.83. The summed E-state index contributed by atoms with van der Waals surface area (Å²) >= 11 is 5.95. The highest BCUT2D eigenvalue weighted by molar-refractivity contribution is 6.31. The molecule has 1 atom stereocenters. The normalized spacial score (nSPS) is 12.4. The number of carboxylic acid groups (broad SMARTS) is 1. The SMILES string of the molecule is CC(NCC(=O)O)c1ccccc1Cl. The third-order valence-corrected chi connectivity index (χ3v) is 2.28. The number of carboxylic acids is 1. The first-order chi connectivity index (χ1) is 6.61. The Morgan fingerprint density at radius 2 is 2.21 bits per heavy atom. The lowest BCUT2D eigenvalue weighted by molar-refractivity contribution is -0.136. The zero-order valence-corrected chi connectivity index (χ0v) is 8.58. The number of hydrogen-bond acceptors (Lipinski definition) is 2. The third kappa shape index (κ3) is 3.01. The molecule has 0 bridgehead atoms. The van der Waals surface area contributed by atoms with E-state index < -0.39 is 5.97 Å². The molecular weight excluding hydrogens is 202 g/mol. The molecule has 4 heteroatoms. The van der Waals surface area contributed by atoms with Crippen molar-refractivity contribution in [3.05, 3.63) is 34.9 Å². The monoisotopic (exact) mass is 213 g/mol. The number of halogens is 1. The molecule has 0 fully saturated rings. The van der Waals surface area contributed by atoms with Gasteiger partial charge in [-0.25, -0.2) is 0 Å². The number of rotatable bonds is 4. The smallest absolute Gasteiger partial charge is 0.317 e. The van der Waals surface area contributed by atoms with Gasteiger partial charge in [-0.1, -0.05) is 29.8 Å². The highest BCUT2D eigenvalue weighted by Crippen LogP contribution is 2.21. The summed E-state index contributed by atoms with van der Waals surface area (Å²) in [5.74, 6) is -0.871. The second kappa shape index (κ2) is 4.98. The van der Waals surface area contributed by atoms with Crippen molar-refractivity contribution in [2.75, 3.05) is 6.54 Å². The van der Waals surface area contributed by atoms with E-state index in [0.29, 0.717) is 5.02 Å². The second-order valence-electron chi connectivity index (χ2n) is 3.02. The lowest BCUT2D eigenvalue weighted by Gasteiger charge is -2.13. The first-order valence-electron chi connectivity index (χ1n) is 4.31. The maximum atomic E-state index is 10.3. The highest BCUT2D eigenvalue weighted by Gasteiger charge is 2.09. The maximum absolute atomic E-state index is 10.3.